The molecular formula is C16H10F2O4S. The third-order valence-electron chi connectivity index (χ3n) is 3.39. The van der Waals surface area contributed by atoms with Crippen LogP contribution < -0.4 is 5.63 Å². The number of sulfone groups is 1. The fraction of sp³-hybridized carbons (Fsp3) is 0.0625. The highest BCUT2D eigenvalue weighted by molar-refractivity contribution is 7.91. The summed E-state index contributed by atoms with van der Waals surface area (Å²) in [5, 5.41) is 0.141. The predicted molar refractivity (Wildman–Crippen MR) is 79.0 cm³/mol. The van der Waals surface area contributed by atoms with E-state index >= 15 is 0 Å². The quantitative estimate of drug-likeness (QED) is 0.532. The minimum Gasteiger partial charge on any atom is -0.422 e. The Morgan fingerprint density at radius 1 is 1.00 bits per heavy atom. The molecule has 0 atom stereocenters. The summed E-state index contributed by atoms with van der Waals surface area (Å²) in [7, 11) is -4.21. The molecular weight excluding hydrogens is 326 g/mol. The van der Waals surface area contributed by atoms with Crippen molar-refractivity contribution in [2.24, 2.45) is 0 Å². The van der Waals surface area contributed by atoms with Crippen molar-refractivity contribution in [3.05, 3.63) is 70.1 Å². The van der Waals surface area contributed by atoms with Gasteiger partial charge in [0.25, 0.3) is 0 Å². The third kappa shape index (κ3) is 2.63. The average molecular weight is 336 g/mol. The molecule has 0 spiro atoms. The molecule has 0 radical (unpaired) electrons. The van der Waals surface area contributed by atoms with Crippen molar-refractivity contribution in [2.45, 2.75) is 16.7 Å². The van der Waals surface area contributed by atoms with Crippen LogP contribution in [0.5, 0.6) is 0 Å². The van der Waals surface area contributed by atoms with Crippen molar-refractivity contribution < 1.29 is 21.6 Å². The van der Waals surface area contributed by atoms with Crippen molar-refractivity contribution in [2.75, 3.05) is 0 Å². The van der Waals surface area contributed by atoms with Gasteiger partial charge in [0, 0.05) is 5.39 Å². The molecule has 0 fully saturated rings. The highest BCUT2D eigenvalue weighted by Gasteiger charge is 2.24. The third-order valence-corrected chi connectivity index (χ3v) is 5.13. The Morgan fingerprint density at radius 2 is 1.74 bits per heavy atom. The molecule has 7 heteroatoms. The first-order chi connectivity index (χ1) is 10.8. The van der Waals surface area contributed by atoms with Gasteiger partial charge in [0.1, 0.15) is 17.2 Å². The van der Waals surface area contributed by atoms with E-state index in [1.807, 2.05) is 0 Å². The number of hydrogen-bond donors (Lipinski definition) is 0. The number of rotatable bonds is 2. The molecule has 1 heterocycles. The van der Waals surface area contributed by atoms with Gasteiger partial charge in [0.2, 0.25) is 9.84 Å². The Balaban J connectivity index is 2.27. The smallest absolute Gasteiger partial charge is 0.355 e. The van der Waals surface area contributed by atoms with Gasteiger partial charge in [-0.25, -0.2) is 22.0 Å². The number of aryl methyl sites for hydroxylation is 1. The van der Waals surface area contributed by atoms with Crippen molar-refractivity contribution >= 4 is 20.8 Å². The van der Waals surface area contributed by atoms with Crippen molar-refractivity contribution in [1.82, 2.24) is 0 Å². The van der Waals surface area contributed by atoms with Crippen LogP contribution in [0.2, 0.25) is 0 Å². The largest absolute Gasteiger partial charge is 0.422 e. The van der Waals surface area contributed by atoms with Gasteiger partial charge in [-0.2, -0.15) is 0 Å². The van der Waals surface area contributed by atoms with E-state index < -0.39 is 32.0 Å². The molecule has 0 saturated carbocycles. The summed E-state index contributed by atoms with van der Waals surface area (Å²) in [4.78, 5) is 11.1. The Hall–Kier alpha value is -2.54. The minimum atomic E-state index is -4.21. The highest BCUT2D eigenvalue weighted by atomic mass is 32.2. The first-order valence-electron chi connectivity index (χ1n) is 6.54. The van der Waals surface area contributed by atoms with E-state index in [0.29, 0.717) is 0 Å². The van der Waals surface area contributed by atoms with Crippen LogP contribution in [0, 0.1) is 18.6 Å². The lowest BCUT2D eigenvalue weighted by molar-refractivity contribution is 0.531. The standard InChI is InChI=1S/C16H10F2O4S/c1-9-6-12(3-4-13(9)18)23(20,21)15-8-10-7-11(17)2-5-14(10)22-16(15)19/h2-8H,1H3. The Bertz CT molecular complexity index is 1080. The minimum absolute atomic E-state index is 0.0747. The molecule has 0 aliphatic heterocycles. The van der Waals surface area contributed by atoms with Crippen LogP contribution in [0.3, 0.4) is 0 Å². The number of hydrogen-bond acceptors (Lipinski definition) is 4. The van der Waals surface area contributed by atoms with Crippen LogP contribution in [0.4, 0.5) is 8.78 Å². The Morgan fingerprint density at radius 3 is 2.43 bits per heavy atom. The molecule has 0 bridgehead atoms. The normalized spacial score (nSPS) is 11.8. The zero-order valence-corrected chi connectivity index (χ0v) is 12.7. The average Bonchev–Trinajstić information content (AvgIpc) is 2.49. The fourth-order valence-electron chi connectivity index (χ4n) is 2.17. The van der Waals surface area contributed by atoms with Gasteiger partial charge < -0.3 is 4.42 Å². The lowest BCUT2D eigenvalue weighted by Gasteiger charge is -2.06. The molecule has 0 N–H and O–H groups in total. The van der Waals surface area contributed by atoms with Crippen molar-refractivity contribution in [3.63, 3.8) is 0 Å². The molecule has 4 nitrogen and oxygen atoms in total. The van der Waals surface area contributed by atoms with Crippen LogP contribution in [-0.2, 0) is 9.84 Å². The van der Waals surface area contributed by atoms with Gasteiger partial charge in [-0.05, 0) is 55.0 Å². The highest BCUT2D eigenvalue weighted by Crippen LogP contribution is 2.23. The maximum Gasteiger partial charge on any atom is 0.355 e. The van der Waals surface area contributed by atoms with Crippen LogP contribution in [0.15, 0.2) is 61.5 Å². The van der Waals surface area contributed by atoms with E-state index in [4.69, 9.17) is 4.42 Å². The summed E-state index contributed by atoms with van der Waals surface area (Å²) >= 11 is 0. The summed E-state index contributed by atoms with van der Waals surface area (Å²) in [5.41, 5.74) is -0.862. The van der Waals surface area contributed by atoms with E-state index in [-0.39, 0.29) is 21.4 Å². The van der Waals surface area contributed by atoms with Gasteiger partial charge >= 0.3 is 5.63 Å². The molecule has 3 aromatic rings. The van der Waals surface area contributed by atoms with Gasteiger partial charge in [-0.15, -0.1) is 0 Å². The second-order valence-electron chi connectivity index (χ2n) is 4.99. The predicted octanol–water partition coefficient (Wildman–Crippen LogP) is 3.21. The number of fused-ring (bicyclic) bond motifs is 1. The number of halogens is 2. The van der Waals surface area contributed by atoms with E-state index in [2.05, 4.69) is 0 Å². The Kier molecular flexibility index (Phi) is 3.52. The summed E-state index contributed by atoms with van der Waals surface area (Å²) < 4.78 is 56.7. The van der Waals surface area contributed by atoms with E-state index in [1.165, 1.54) is 13.0 Å². The Labute approximate surface area is 129 Å². The second-order valence-corrected chi connectivity index (χ2v) is 6.91. The molecule has 23 heavy (non-hydrogen) atoms. The second kappa shape index (κ2) is 5.27. The molecule has 118 valence electrons. The molecule has 3 rings (SSSR count). The van der Waals surface area contributed by atoms with Crippen LogP contribution >= 0.6 is 0 Å². The zero-order chi connectivity index (χ0) is 16.8. The van der Waals surface area contributed by atoms with Crippen LogP contribution in [0.25, 0.3) is 11.0 Å². The summed E-state index contributed by atoms with van der Waals surface area (Å²) in [6.07, 6.45) is 0. The van der Waals surface area contributed by atoms with E-state index in [9.17, 15) is 22.0 Å². The topological polar surface area (TPSA) is 64.3 Å². The molecule has 2 aromatic carbocycles. The molecule has 0 amide bonds. The van der Waals surface area contributed by atoms with Gasteiger partial charge in [-0.3, -0.25) is 0 Å². The summed E-state index contributed by atoms with van der Waals surface area (Å²) in [5.74, 6) is -1.15. The first kappa shape index (κ1) is 15.4. The van der Waals surface area contributed by atoms with Crippen molar-refractivity contribution in [1.29, 1.82) is 0 Å². The molecule has 0 aliphatic carbocycles. The SMILES string of the molecule is Cc1cc(S(=O)(=O)c2cc3cc(F)ccc3oc2=O)ccc1F. The van der Waals surface area contributed by atoms with Gasteiger partial charge in [0.05, 0.1) is 4.90 Å². The first-order valence-corrected chi connectivity index (χ1v) is 8.02. The van der Waals surface area contributed by atoms with Gasteiger partial charge in [0.15, 0.2) is 4.90 Å². The van der Waals surface area contributed by atoms with Gasteiger partial charge in [-0.1, -0.05) is 0 Å². The molecule has 0 aliphatic rings. The summed E-state index contributed by atoms with van der Waals surface area (Å²) in [6, 6.07) is 7.65. The lowest BCUT2D eigenvalue weighted by Crippen LogP contribution is -2.14. The summed E-state index contributed by atoms with van der Waals surface area (Å²) in [6.45, 7) is 1.41. The number of benzene rings is 2. The van der Waals surface area contributed by atoms with E-state index in [0.717, 1.165) is 36.4 Å². The monoisotopic (exact) mass is 336 g/mol. The maximum atomic E-state index is 13.3. The van der Waals surface area contributed by atoms with Crippen molar-refractivity contribution in [3.8, 4) is 0 Å². The maximum absolute atomic E-state index is 13.3. The molecule has 1 aromatic heterocycles. The zero-order valence-electron chi connectivity index (χ0n) is 11.8. The molecule has 0 saturated heterocycles. The lowest BCUT2D eigenvalue weighted by atomic mass is 10.2. The van der Waals surface area contributed by atoms with Crippen LogP contribution in [0.1, 0.15) is 5.56 Å². The van der Waals surface area contributed by atoms with Crippen LogP contribution in [-0.4, -0.2) is 8.42 Å². The van der Waals surface area contributed by atoms with E-state index in [1.54, 1.807) is 0 Å². The fourth-order valence-corrected chi connectivity index (χ4v) is 3.55. The molecule has 0 unspecified atom stereocenters.